The number of sulfonamides is 1. The van der Waals surface area contributed by atoms with Crippen LogP contribution >= 0.6 is 0 Å². The van der Waals surface area contributed by atoms with Gasteiger partial charge in [-0.25, -0.2) is 18.1 Å². The van der Waals surface area contributed by atoms with Crippen LogP contribution in [-0.2, 0) is 19.6 Å². The van der Waals surface area contributed by atoms with E-state index < -0.39 is 22.0 Å². The van der Waals surface area contributed by atoms with Gasteiger partial charge in [0.05, 0.1) is 25.3 Å². The van der Waals surface area contributed by atoms with E-state index in [0.717, 1.165) is 0 Å². The van der Waals surface area contributed by atoms with Crippen molar-refractivity contribution < 1.29 is 17.9 Å². The number of aromatic nitrogens is 3. The number of carbonyl (C=O) groups excluding carboxylic acids is 1. The summed E-state index contributed by atoms with van der Waals surface area (Å²) in [7, 11) is -2.34. The summed E-state index contributed by atoms with van der Waals surface area (Å²) in [6, 6.07) is -0.528. The molecule has 1 rings (SSSR count). The van der Waals surface area contributed by atoms with Crippen molar-refractivity contribution in [2.24, 2.45) is 0 Å². The largest absolute Gasteiger partial charge is 0.469 e. The maximum absolute atomic E-state index is 11.6. The molecule has 0 aromatic carbocycles. The molecule has 0 saturated carbocycles. The van der Waals surface area contributed by atoms with E-state index in [4.69, 9.17) is 0 Å². The minimum absolute atomic E-state index is 0.186. The molecule has 0 bridgehead atoms. The topological polar surface area (TPSA) is 114 Å². The van der Waals surface area contributed by atoms with Crippen molar-refractivity contribution in [3.63, 3.8) is 0 Å². The van der Waals surface area contributed by atoms with E-state index >= 15 is 0 Å². The third-order valence-corrected chi connectivity index (χ3v) is 3.46. The average Bonchev–Trinajstić information content (AvgIpc) is 2.78. The van der Waals surface area contributed by atoms with Crippen molar-refractivity contribution >= 4 is 16.0 Å². The van der Waals surface area contributed by atoms with Crippen LogP contribution in [0.4, 0.5) is 0 Å². The number of carbonyl (C=O) groups is 1. The van der Waals surface area contributed by atoms with Crippen LogP contribution in [0.3, 0.4) is 0 Å². The third-order valence-electron chi connectivity index (χ3n) is 2.00. The van der Waals surface area contributed by atoms with Gasteiger partial charge < -0.3 is 4.74 Å². The van der Waals surface area contributed by atoms with Gasteiger partial charge in [-0.1, -0.05) is 0 Å². The van der Waals surface area contributed by atoms with Crippen LogP contribution in [0.15, 0.2) is 6.33 Å². The Morgan fingerprint density at radius 1 is 1.65 bits per heavy atom. The van der Waals surface area contributed by atoms with E-state index in [1.54, 1.807) is 6.92 Å². The quantitative estimate of drug-likeness (QED) is 0.658. The molecule has 0 amide bonds. The number of nitrogens with one attached hydrogen (secondary N) is 2. The fourth-order valence-corrected chi connectivity index (χ4v) is 2.33. The molecule has 17 heavy (non-hydrogen) atoms. The molecule has 1 unspecified atom stereocenters. The number of aromatic amines is 1. The molecular formula is C8H14N4O4S. The van der Waals surface area contributed by atoms with Gasteiger partial charge in [-0.15, -0.1) is 0 Å². The van der Waals surface area contributed by atoms with Gasteiger partial charge in [0, 0.05) is 0 Å². The van der Waals surface area contributed by atoms with Crippen molar-refractivity contribution in [3.8, 4) is 0 Å². The van der Waals surface area contributed by atoms with Crippen molar-refractivity contribution in [1.29, 1.82) is 0 Å². The van der Waals surface area contributed by atoms with Crippen LogP contribution in [0.1, 0.15) is 25.2 Å². The fraction of sp³-hybridized carbons (Fsp3) is 0.625. The van der Waals surface area contributed by atoms with Gasteiger partial charge in [-0.2, -0.15) is 5.10 Å². The van der Waals surface area contributed by atoms with E-state index in [-0.39, 0.29) is 12.2 Å². The first-order valence-electron chi connectivity index (χ1n) is 4.86. The number of ether oxygens (including phenoxy) is 1. The van der Waals surface area contributed by atoms with Crippen molar-refractivity contribution in [2.45, 2.75) is 19.4 Å². The molecule has 0 radical (unpaired) electrons. The summed E-state index contributed by atoms with van der Waals surface area (Å²) in [6.45, 7) is 1.62. The lowest BCUT2D eigenvalue weighted by molar-refractivity contribution is -0.140. The Morgan fingerprint density at radius 3 is 2.88 bits per heavy atom. The van der Waals surface area contributed by atoms with Crippen molar-refractivity contribution in [1.82, 2.24) is 19.9 Å². The summed E-state index contributed by atoms with van der Waals surface area (Å²) in [4.78, 5) is 14.7. The highest BCUT2D eigenvalue weighted by atomic mass is 32.2. The van der Waals surface area contributed by atoms with Gasteiger partial charge in [0.1, 0.15) is 12.2 Å². The lowest BCUT2D eigenvalue weighted by atomic mass is 10.3. The molecule has 1 heterocycles. The standard InChI is InChI=1S/C8H14N4O4S/c1-6(8-9-5-10-11-8)12-17(14,15)4-3-7(13)16-2/h5-6,12H,3-4H2,1-2H3,(H,9,10,11). The lowest BCUT2D eigenvalue weighted by Gasteiger charge is -2.10. The van der Waals surface area contributed by atoms with Crippen molar-refractivity contribution in [2.75, 3.05) is 12.9 Å². The van der Waals surface area contributed by atoms with Crippen LogP contribution in [0.5, 0.6) is 0 Å². The number of H-pyrrole nitrogens is 1. The highest BCUT2D eigenvalue weighted by Gasteiger charge is 2.18. The monoisotopic (exact) mass is 262 g/mol. The summed E-state index contributed by atoms with van der Waals surface area (Å²) >= 11 is 0. The maximum atomic E-state index is 11.6. The van der Waals surface area contributed by atoms with E-state index in [0.29, 0.717) is 5.82 Å². The zero-order valence-electron chi connectivity index (χ0n) is 9.50. The Balaban J connectivity index is 2.52. The number of esters is 1. The second-order valence-corrected chi connectivity index (χ2v) is 5.23. The van der Waals surface area contributed by atoms with E-state index in [1.165, 1.54) is 13.4 Å². The zero-order chi connectivity index (χ0) is 12.9. The summed E-state index contributed by atoms with van der Waals surface area (Å²) in [5.41, 5.74) is 0. The average molecular weight is 262 g/mol. The zero-order valence-corrected chi connectivity index (χ0v) is 10.3. The maximum Gasteiger partial charge on any atom is 0.306 e. The van der Waals surface area contributed by atoms with E-state index in [1.807, 2.05) is 0 Å². The predicted octanol–water partition coefficient (Wildman–Crippen LogP) is -0.652. The van der Waals surface area contributed by atoms with E-state index in [9.17, 15) is 13.2 Å². The molecule has 1 aromatic rings. The molecule has 1 atom stereocenters. The number of methoxy groups -OCH3 is 1. The van der Waals surface area contributed by atoms with Gasteiger partial charge in [-0.3, -0.25) is 9.89 Å². The molecular weight excluding hydrogens is 248 g/mol. The highest BCUT2D eigenvalue weighted by Crippen LogP contribution is 2.06. The minimum atomic E-state index is -3.55. The molecule has 9 heteroatoms. The van der Waals surface area contributed by atoms with Crippen LogP contribution in [0.25, 0.3) is 0 Å². The Labute approximate surface area is 98.8 Å². The first-order chi connectivity index (χ1) is 7.94. The van der Waals surface area contributed by atoms with Gasteiger partial charge in [0.25, 0.3) is 0 Å². The Hall–Kier alpha value is -1.48. The van der Waals surface area contributed by atoms with Crippen LogP contribution in [0.2, 0.25) is 0 Å². The van der Waals surface area contributed by atoms with Crippen LogP contribution in [-0.4, -0.2) is 42.4 Å². The molecule has 96 valence electrons. The Bertz CT molecular complexity index is 456. The Kier molecular flexibility index (Phi) is 4.58. The Morgan fingerprint density at radius 2 is 2.35 bits per heavy atom. The molecule has 0 aliphatic carbocycles. The predicted molar refractivity (Wildman–Crippen MR) is 58.4 cm³/mol. The normalized spacial score (nSPS) is 13.3. The summed E-state index contributed by atoms with van der Waals surface area (Å²) in [5, 5.41) is 6.17. The smallest absolute Gasteiger partial charge is 0.306 e. The minimum Gasteiger partial charge on any atom is -0.469 e. The number of hydrogen-bond acceptors (Lipinski definition) is 6. The summed E-state index contributed by atoms with van der Waals surface area (Å²) < 4.78 is 29.9. The van der Waals surface area contributed by atoms with Gasteiger partial charge in [0.15, 0.2) is 0 Å². The molecule has 0 aliphatic heterocycles. The second-order valence-electron chi connectivity index (χ2n) is 3.36. The molecule has 0 aliphatic rings. The number of nitrogens with zero attached hydrogens (tertiary/aromatic N) is 2. The van der Waals surface area contributed by atoms with Crippen LogP contribution < -0.4 is 4.72 Å². The SMILES string of the molecule is COC(=O)CCS(=O)(=O)NC(C)c1ncn[nH]1. The van der Waals surface area contributed by atoms with Gasteiger partial charge in [0.2, 0.25) is 10.0 Å². The lowest BCUT2D eigenvalue weighted by Crippen LogP contribution is -2.30. The molecule has 8 nitrogen and oxygen atoms in total. The molecule has 2 N–H and O–H groups in total. The molecule has 1 aromatic heterocycles. The molecule has 0 spiro atoms. The summed E-state index contributed by atoms with van der Waals surface area (Å²) in [6.07, 6.45) is 1.10. The van der Waals surface area contributed by atoms with Gasteiger partial charge in [-0.05, 0) is 6.92 Å². The highest BCUT2D eigenvalue weighted by molar-refractivity contribution is 7.89. The first kappa shape index (κ1) is 13.6. The molecule has 0 fully saturated rings. The van der Waals surface area contributed by atoms with Gasteiger partial charge >= 0.3 is 5.97 Å². The molecule has 0 saturated heterocycles. The van der Waals surface area contributed by atoms with Crippen LogP contribution in [0, 0.1) is 0 Å². The first-order valence-corrected chi connectivity index (χ1v) is 6.52. The second kappa shape index (κ2) is 5.73. The number of hydrogen-bond donors (Lipinski definition) is 2. The fourth-order valence-electron chi connectivity index (χ4n) is 1.13. The number of rotatable bonds is 6. The third kappa shape index (κ3) is 4.49. The van der Waals surface area contributed by atoms with E-state index in [2.05, 4.69) is 24.6 Å². The van der Waals surface area contributed by atoms with Crippen molar-refractivity contribution in [3.05, 3.63) is 12.2 Å². The summed E-state index contributed by atoms with van der Waals surface area (Å²) in [5.74, 6) is -0.479.